The Morgan fingerprint density at radius 1 is 1.18 bits per heavy atom. The maximum absolute atomic E-state index is 12.7. The molecule has 11 heteroatoms. The summed E-state index contributed by atoms with van der Waals surface area (Å²) in [5.74, 6) is -1.40. The van der Waals surface area contributed by atoms with Gasteiger partial charge in [0.25, 0.3) is 5.91 Å². The van der Waals surface area contributed by atoms with E-state index in [9.17, 15) is 23.1 Å². The molecule has 34 heavy (non-hydrogen) atoms. The molecule has 0 spiro atoms. The molecule has 0 saturated heterocycles. The van der Waals surface area contributed by atoms with E-state index in [1.165, 1.54) is 35.2 Å². The summed E-state index contributed by atoms with van der Waals surface area (Å²) in [7, 11) is -3.41. The van der Waals surface area contributed by atoms with E-state index in [4.69, 9.17) is 9.83 Å². The van der Waals surface area contributed by atoms with Crippen molar-refractivity contribution >= 4 is 56.2 Å². The number of hydrogen-bond acceptors (Lipinski definition) is 8. The predicted octanol–water partition coefficient (Wildman–Crippen LogP) is 2.58. The Labute approximate surface area is 197 Å². The van der Waals surface area contributed by atoms with Crippen LogP contribution < -0.4 is 10.0 Å². The number of hydrogen-bond donors (Lipinski definition) is 1. The Balaban J connectivity index is 1.48. The number of anilines is 1. The Bertz CT molecular complexity index is 1580. The van der Waals surface area contributed by atoms with E-state index in [2.05, 4.69) is 4.99 Å². The number of aromatic carboxylic acids is 1. The Morgan fingerprint density at radius 3 is 2.71 bits per heavy atom. The highest BCUT2D eigenvalue weighted by Crippen LogP contribution is 2.44. The minimum atomic E-state index is -3.41. The Hall–Kier alpha value is -3.96. The second-order valence-corrected chi connectivity index (χ2v) is 10.5. The molecule has 0 fully saturated rings. The zero-order valence-corrected chi connectivity index (χ0v) is 19.1. The summed E-state index contributed by atoms with van der Waals surface area (Å²) in [6, 6.07) is 13.8. The van der Waals surface area contributed by atoms with Gasteiger partial charge in [-0.2, -0.15) is 4.99 Å². The van der Waals surface area contributed by atoms with Crippen molar-refractivity contribution in [3.63, 3.8) is 0 Å². The topological polar surface area (TPSA) is 144 Å². The van der Waals surface area contributed by atoms with Crippen molar-refractivity contribution in [3.05, 3.63) is 71.5 Å². The van der Waals surface area contributed by atoms with E-state index in [1.54, 1.807) is 30.3 Å². The molecular formula is C23H14N3O6S2-. The van der Waals surface area contributed by atoms with E-state index in [1.807, 2.05) is 0 Å². The fourth-order valence-electron chi connectivity index (χ4n) is 3.55. The number of carboxylic acid groups (broad SMARTS) is 1. The minimum Gasteiger partial charge on any atom is -0.545 e. The monoisotopic (exact) mass is 492 g/mol. The number of nitrogens with one attached hydrogen (secondary N) is 1. The lowest BCUT2D eigenvalue weighted by molar-refractivity contribution is -0.255. The number of nitrogens with zero attached hydrogens (tertiary/aromatic N) is 2. The fourth-order valence-corrected chi connectivity index (χ4v) is 5.33. The number of furan rings is 1. The molecule has 0 saturated carbocycles. The van der Waals surface area contributed by atoms with E-state index >= 15 is 0 Å². The van der Waals surface area contributed by atoms with Crippen molar-refractivity contribution in [1.82, 2.24) is 0 Å². The summed E-state index contributed by atoms with van der Waals surface area (Å²) in [5.41, 5.74) is 1.07. The molecule has 0 bridgehead atoms. The van der Waals surface area contributed by atoms with Crippen LogP contribution >= 0.6 is 11.8 Å². The van der Waals surface area contributed by atoms with Crippen LogP contribution in [0.25, 0.3) is 17.4 Å². The van der Waals surface area contributed by atoms with Crippen molar-refractivity contribution in [3.8, 4) is 11.3 Å². The molecule has 0 aliphatic carbocycles. The lowest BCUT2D eigenvalue weighted by Gasteiger charge is -2.24. The summed E-state index contributed by atoms with van der Waals surface area (Å²) in [5, 5.41) is 20.0. The maximum atomic E-state index is 12.7. The molecule has 1 amide bonds. The van der Waals surface area contributed by atoms with Gasteiger partial charge in [-0.3, -0.25) is 15.1 Å². The second-order valence-electron chi connectivity index (χ2n) is 7.52. The average Bonchev–Trinajstić information content (AvgIpc) is 3.40. The van der Waals surface area contributed by atoms with Crippen molar-refractivity contribution in [2.45, 2.75) is 9.79 Å². The van der Waals surface area contributed by atoms with Gasteiger partial charge in [-0.15, -0.1) is 0 Å². The van der Waals surface area contributed by atoms with E-state index in [-0.39, 0.29) is 32.8 Å². The van der Waals surface area contributed by atoms with E-state index in [0.29, 0.717) is 21.9 Å². The van der Waals surface area contributed by atoms with Crippen LogP contribution in [0.1, 0.15) is 16.1 Å². The lowest BCUT2D eigenvalue weighted by Crippen LogP contribution is -2.39. The highest BCUT2D eigenvalue weighted by molar-refractivity contribution is 8.15. The third kappa shape index (κ3) is 3.74. The zero-order chi connectivity index (χ0) is 24.2. The molecule has 2 aliphatic heterocycles. The normalized spacial score (nSPS) is 16.4. The SMILES string of the molecule is CS(=O)(=O)c1ccc2c(c1)SC1=NC(=O)/C(=C/c3ccc(-c4cccc(C(=O)[O-])c4)o3)C(=N)N12. The first kappa shape index (κ1) is 21.9. The third-order valence-electron chi connectivity index (χ3n) is 5.20. The number of amides is 1. The van der Waals surface area contributed by atoms with Crippen LogP contribution in [0.3, 0.4) is 0 Å². The number of carbonyl (C=O) groups excluding carboxylic acids is 2. The van der Waals surface area contributed by atoms with E-state index in [0.717, 1.165) is 18.0 Å². The van der Waals surface area contributed by atoms with Crippen LogP contribution in [0.5, 0.6) is 0 Å². The van der Waals surface area contributed by atoms with Crippen molar-refractivity contribution in [2.24, 2.45) is 4.99 Å². The maximum Gasteiger partial charge on any atom is 0.283 e. The number of aliphatic imine (C=N–C) groups is 1. The third-order valence-corrected chi connectivity index (χ3v) is 7.31. The smallest absolute Gasteiger partial charge is 0.283 e. The van der Waals surface area contributed by atoms with Gasteiger partial charge in [0.2, 0.25) is 0 Å². The van der Waals surface area contributed by atoms with Crippen molar-refractivity contribution in [1.29, 1.82) is 5.41 Å². The molecule has 3 aromatic rings. The highest BCUT2D eigenvalue weighted by Gasteiger charge is 2.38. The average molecular weight is 493 g/mol. The number of benzene rings is 2. The molecule has 0 unspecified atom stereocenters. The Morgan fingerprint density at radius 2 is 1.97 bits per heavy atom. The highest BCUT2D eigenvalue weighted by atomic mass is 32.2. The molecule has 2 aliphatic rings. The summed E-state index contributed by atoms with van der Waals surface area (Å²) in [6.07, 6.45) is 2.50. The molecule has 1 N–H and O–H groups in total. The second kappa shape index (κ2) is 7.82. The molecule has 0 radical (unpaired) electrons. The fraction of sp³-hybridized carbons (Fsp3) is 0.0435. The van der Waals surface area contributed by atoms with Crippen LogP contribution in [0.2, 0.25) is 0 Å². The molecule has 2 aromatic carbocycles. The molecule has 0 atom stereocenters. The van der Waals surface area contributed by atoms with Crippen molar-refractivity contribution in [2.75, 3.05) is 11.2 Å². The van der Waals surface area contributed by atoms with Gasteiger partial charge < -0.3 is 14.3 Å². The standard InChI is InChI=1S/C23H15N3O6S2/c1-34(30,31)15-6-7-17-19(11-15)33-23-25-21(27)16(20(24)26(17)23)10-14-5-8-18(32-14)12-3-2-4-13(9-12)22(28)29/h2-11,24H,1H3,(H,28,29)/p-1/b16-10+,24-20?. The van der Waals surface area contributed by atoms with E-state index < -0.39 is 21.7 Å². The molecule has 9 nitrogen and oxygen atoms in total. The quantitative estimate of drug-likeness (QED) is 0.547. The number of thioether (sulfide) groups is 1. The number of sulfone groups is 1. The number of fused-ring (bicyclic) bond motifs is 3. The molecular weight excluding hydrogens is 478 g/mol. The Kier molecular flexibility index (Phi) is 5.03. The summed E-state index contributed by atoms with van der Waals surface area (Å²) >= 11 is 1.12. The van der Waals surface area contributed by atoms with Crippen LogP contribution in [-0.4, -0.2) is 37.6 Å². The summed E-state index contributed by atoms with van der Waals surface area (Å²) in [4.78, 5) is 30.1. The van der Waals surface area contributed by atoms with Crippen LogP contribution in [0, 0.1) is 5.41 Å². The molecule has 5 rings (SSSR count). The molecule has 170 valence electrons. The summed E-state index contributed by atoms with van der Waals surface area (Å²) < 4.78 is 29.5. The van der Waals surface area contributed by atoms with Crippen molar-refractivity contribution < 1.29 is 27.5 Å². The largest absolute Gasteiger partial charge is 0.545 e. The van der Waals surface area contributed by atoms with Gasteiger partial charge in [-0.1, -0.05) is 18.2 Å². The van der Waals surface area contributed by atoms with Gasteiger partial charge in [0, 0.05) is 16.7 Å². The van der Waals surface area contributed by atoms with Gasteiger partial charge in [-0.05, 0) is 59.8 Å². The van der Waals surface area contributed by atoms with Crippen LogP contribution in [0.4, 0.5) is 5.69 Å². The number of carboxylic acids is 1. The van der Waals surface area contributed by atoms with Crippen LogP contribution in [-0.2, 0) is 14.6 Å². The number of rotatable bonds is 4. The van der Waals surface area contributed by atoms with Gasteiger partial charge in [0.1, 0.15) is 17.4 Å². The first-order chi connectivity index (χ1) is 16.1. The first-order valence-corrected chi connectivity index (χ1v) is 12.5. The predicted molar refractivity (Wildman–Crippen MR) is 125 cm³/mol. The number of carbonyl (C=O) groups is 2. The van der Waals surface area contributed by atoms with Gasteiger partial charge in [0.15, 0.2) is 15.0 Å². The van der Waals surface area contributed by atoms with Gasteiger partial charge in [-0.25, -0.2) is 8.42 Å². The molecule has 3 heterocycles. The summed E-state index contributed by atoms with van der Waals surface area (Å²) in [6.45, 7) is 0. The molecule has 1 aromatic heterocycles. The number of amidine groups is 2. The van der Waals surface area contributed by atoms with Crippen LogP contribution in [0.15, 0.2) is 79.4 Å². The zero-order valence-electron chi connectivity index (χ0n) is 17.4. The lowest BCUT2D eigenvalue weighted by atomic mass is 10.1. The minimum absolute atomic E-state index is 0.00383. The first-order valence-electron chi connectivity index (χ1n) is 9.79. The van der Waals surface area contributed by atoms with Gasteiger partial charge >= 0.3 is 0 Å². The van der Waals surface area contributed by atoms with Gasteiger partial charge in [0.05, 0.1) is 22.1 Å².